The molecule has 25 heavy (non-hydrogen) atoms. The van der Waals surface area contributed by atoms with Gasteiger partial charge in [-0.2, -0.15) is 0 Å². The molecule has 5 nitrogen and oxygen atoms in total. The molecule has 134 valence electrons. The minimum Gasteiger partial charge on any atom is -0.469 e. The molecule has 0 spiro atoms. The van der Waals surface area contributed by atoms with Crippen molar-refractivity contribution in [1.29, 1.82) is 0 Å². The molecule has 0 heterocycles. The average Bonchev–Trinajstić information content (AvgIpc) is 2.76. The van der Waals surface area contributed by atoms with Gasteiger partial charge in [0, 0.05) is 5.56 Å². The normalized spacial score (nSPS) is 10.5. The van der Waals surface area contributed by atoms with Crippen LogP contribution in [-0.2, 0) is 27.1 Å². The predicted molar refractivity (Wildman–Crippen MR) is 95.0 cm³/mol. The Hall–Kier alpha value is -2.56. The lowest BCUT2D eigenvalue weighted by Gasteiger charge is -2.03. The number of methoxy groups -OCH3 is 1. The Bertz CT molecular complexity index is 707. The van der Waals surface area contributed by atoms with Gasteiger partial charge in [0.1, 0.15) is 5.75 Å². The molecular formula is C20H24O5. The summed E-state index contributed by atoms with van der Waals surface area (Å²) in [5, 5.41) is 0. The molecule has 0 N–H and O–H groups in total. The summed E-state index contributed by atoms with van der Waals surface area (Å²) >= 11 is 0. The Kier molecular flexibility index (Phi) is 6.81. The molecule has 2 aliphatic rings. The van der Waals surface area contributed by atoms with E-state index in [0.29, 0.717) is 5.75 Å². The minimum absolute atomic E-state index is 0.201. The molecule has 0 aromatic rings. The maximum absolute atomic E-state index is 11.7. The van der Waals surface area contributed by atoms with Gasteiger partial charge < -0.3 is 14.2 Å². The first-order valence-corrected chi connectivity index (χ1v) is 8.55. The molecule has 0 bridgehead atoms. The molecule has 0 aromatic heterocycles. The first-order valence-electron chi connectivity index (χ1n) is 8.55. The molecule has 0 atom stereocenters. The molecule has 0 aromatic carbocycles. The molecule has 0 unspecified atom stereocenters. The van der Waals surface area contributed by atoms with Crippen molar-refractivity contribution >= 4 is 12.1 Å². The second kappa shape index (κ2) is 9.06. The van der Waals surface area contributed by atoms with E-state index >= 15 is 0 Å². The van der Waals surface area contributed by atoms with E-state index in [9.17, 15) is 9.59 Å². The van der Waals surface area contributed by atoms with Crippen molar-refractivity contribution in [3.05, 3.63) is 41.5 Å². The number of carbonyl (C=O) groups excluding carboxylic acids is 2. The number of hydrogen-bond donors (Lipinski definition) is 0. The average molecular weight is 344 g/mol. The summed E-state index contributed by atoms with van der Waals surface area (Å²) in [5.74, 6) is 0.194. The highest BCUT2D eigenvalue weighted by Crippen LogP contribution is 2.38. The quantitative estimate of drug-likeness (QED) is 0.697. The molecule has 0 radical (unpaired) electrons. The van der Waals surface area contributed by atoms with Gasteiger partial charge in [0.2, 0.25) is 0 Å². The summed E-state index contributed by atoms with van der Waals surface area (Å²) in [7, 11) is 1.37. The fraction of sp³-hybridized carbons (Fsp3) is 0.400. The van der Waals surface area contributed by atoms with E-state index in [-0.39, 0.29) is 19.0 Å². The van der Waals surface area contributed by atoms with Crippen LogP contribution in [0.15, 0.2) is 30.3 Å². The summed E-state index contributed by atoms with van der Waals surface area (Å²) in [4.78, 5) is 23.2. The van der Waals surface area contributed by atoms with Gasteiger partial charge in [-0.1, -0.05) is 37.6 Å². The predicted octanol–water partition coefficient (Wildman–Crippen LogP) is 4.38. The van der Waals surface area contributed by atoms with Crippen molar-refractivity contribution in [2.45, 2.75) is 39.5 Å². The lowest BCUT2D eigenvalue weighted by Crippen LogP contribution is -2.09. The molecular weight excluding hydrogens is 320 g/mol. The van der Waals surface area contributed by atoms with Crippen LogP contribution in [0.25, 0.3) is 11.1 Å². The number of ether oxygens (including phenoxy) is 3. The zero-order chi connectivity index (χ0) is 18.2. The van der Waals surface area contributed by atoms with Crippen LogP contribution in [-0.4, -0.2) is 25.8 Å². The van der Waals surface area contributed by atoms with Crippen LogP contribution in [0.1, 0.15) is 37.8 Å². The van der Waals surface area contributed by atoms with Crippen LogP contribution in [0.2, 0.25) is 0 Å². The van der Waals surface area contributed by atoms with Crippen LogP contribution >= 0.6 is 0 Å². The number of unbranched alkanes of at least 4 members (excludes halogenated alkanes) is 1. The summed E-state index contributed by atoms with van der Waals surface area (Å²) in [6.07, 6.45) is 2.51. The van der Waals surface area contributed by atoms with Crippen molar-refractivity contribution in [2.24, 2.45) is 0 Å². The van der Waals surface area contributed by atoms with E-state index in [0.717, 1.165) is 41.5 Å². The van der Waals surface area contributed by atoms with E-state index in [1.54, 1.807) is 6.92 Å². The monoisotopic (exact) mass is 344 g/mol. The van der Waals surface area contributed by atoms with Gasteiger partial charge in [-0.3, -0.25) is 4.79 Å². The maximum atomic E-state index is 11.7. The molecule has 0 saturated carbocycles. The fourth-order valence-electron chi connectivity index (χ4n) is 2.68. The summed E-state index contributed by atoms with van der Waals surface area (Å²) in [6, 6.07) is 9.50. The Morgan fingerprint density at radius 1 is 1.04 bits per heavy atom. The first kappa shape index (κ1) is 18.8. The number of carbonyl (C=O) groups is 2. The van der Waals surface area contributed by atoms with Gasteiger partial charge in [0.15, 0.2) is 0 Å². The molecule has 0 fully saturated rings. The van der Waals surface area contributed by atoms with E-state index in [1.165, 1.54) is 7.11 Å². The van der Waals surface area contributed by atoms with E-state index in [2.05, 4.69) is 6.92 Å². The summed E-state index contributed by atoms with van der Waals surface area (Å²) in [5.41, 5.74) is 3.81. The van der Waals surface area contributed by atoms with Gasteiger partial charge in [0.05, 0.1) is 20.1 Å². The third kappa shape index (κ3) is 4.95. The smallest absolute Gasteiger partial charge is 0.469 e. The molecule has 5 heteroatoms. The largest absolute Gasteiger partial charge is 0.513 e. The Morgan fingerprint density at radius 2 is 1.76 bits per heavy atom. The van der Waals surface area contributed by atoms with Crippen molar-refractivity contribution in [3.8, 4) is 16.9 Å². The van der Waals surface area contributed by atoms with Crippen LogP contribution in [0.4, 0.5) is 4.79 Å². The van der Waals surface area contributed by atoms with Gasteiger partial charge in [-0.05, 0) is 42.5 Å². The molecule has 0 aliphatic heterocycles. The van der Waals surface area contributed by atoms with Gasteiger partial charge in [0.25, 0.3) is 0 Å². The van der Waals surface area contributed by atoms with E-state index < -0.39 is 6.16 Å². The van der Waals surface area contributed by atoms with Gasteiger partial charge >= 0.3 is 12.1 Å². The first-order chi connectivity index (χ1) is 12.1. The van der Waals surface area contributed by atoms with Crippen molar-refractivity contribution in [3.63, 3.8) is 0 Å². The van der Waals surface area contributed by atoms with Crippen LogP contribution in [0.3, 0.4) is 0 Å². The third-order valence-electron chi connectivity index (χ3n) is 3.97. The van der Waals surface area contributed by atoms with Crippen LogP contribution in [0, 0.1) is 0 Å². The minimum atomic E-state index is -0.710. The molecule has 0 saturated heterocycles. The second-order valence-electron chi connectivity index (χ2n) is 5.74. The Morgan fingerprint density at radius 3 is 2.40 bits per heavy atom. The van der Waals surface area contributed by atoms with Gasteiger partial charge in [-0.25, -0.2) is 4.79 Å². The Labute approximate surface area is 148 Å². The van der Waals surface area contributed by atoms with Crippen molar-refractivity contribution in [2.75, 3.05) is 13.7 Å². The zero-order valence-corrected chi connectivity index (χ0v) is 15.0. The maximum Gasteiger partial charge on any atom is 0.513 e. The van der Waals surface area contributed by atoms with Crippen molar-refractivity contribution in [1.82, 2.24) is 0 Å². The van der Waals surface area contributed by atoms with Crippen LogP contribution < -0.4 is 4.74 Å². The van der Waals surface area contributed by atoms with Gasteiger partial charge in [-0.15, -0.1) is 0 Å². The third-order valence-corrected chi connectivity index (χ3v) is 3.97. The van der Waals surface area contributed by atoms with Crippen LogP contribution in [0.5, 0.6) is 5.75 Å². The van der Waals surface area contributed by atoms with Crippen molar-refractivity contribution < 1.29 is 23.8 Å². The lowest BCUT2D eigenvalue weighted by atomic mass is 10.1. The molecule has 2 rings (SSSR count). The topological polar surface area (TPSA) is 61.8 Å². The molecule has 0 amide bonds. The second-order valence-corrected chi connectivity index (χ2v) is 5.74. The Balaban J connectivity index is 2.39. The summed E-state index contributed by atoms with van der Waals surface area (Å²) < 4.78 is 15.0. The number of hydrogen-bond acceptors (Lipinski definition) is 5. The molecule has 2 aliphatic carbocycles. The fourth-order valence-corrected chi connectivity index (χ4v) is 2.68. The SMILES string of the molecule is CCCCc1cc(OC(=O)OCC)c2ccc(CC(=O)OC)ccc1-2. The highest BCUT2D eigenvalue weighted by molar-refractivity contribution is 5.81. The number of fused-ring (bicyclic) bond motifs is 1. The highest BCUT2D eigenvalue weighted by Gasteiger charge is 2.19. The summed E-state index contributed by atoms with van der Waals surface area (Å²) in [6.45, 7) is 4.13. The standard InChI is InChI=1S/C20H24O5/c1-4-6-7-15-13-18(25-20(22)24-5-2)17-11-9-14(8-10-16(15)17)12-19(21)23-3/h8-11,13H,4-7,12H2,1-3H3. The number of rotatable bonds is 7. The number of aryl methyl sites for hydroxylation is 1. The zero-order valence-electron chi connectivity index (χ0n) is 15.0. The lowest BCUT2D eigenvalue weighted by molar-refractivity contribution is -0.139. The van der Waals surface area contributed by atoms with E-state index in [1.807, 2.05) is 30.3 Å². The number of esters is 1. The van der Waals surface area contributed by atoms with E-state index in [4.69, 9.17) is 14.2 Å². The highest BCUT2D eigenvalue weighted by atomic mass is 16.7.